The molecule has 0 aliphatic heterocycles. The first kappa shape index (κ1) is 14.5. The molecule has 2 aromatic carbocycles. The standard InChI is InChI=1S/C13H11BrClNO2S/c14-11-4-1-3-10(7-11)9-16-19(17,18)13-6-2-5-12(15)8-13/h1-8,16H,9H2. The summed E-state index contributed by atoms with van der Waals surface area (Å²) in [6.45, 7) is 0.230. The van der Waals surface area contributed by atoms with Crippen LogP contribution in [0.3, 0.4) is 0 Å². The average molecular weight is 361 g/mol. The van der Waals surface area contributed by atoms with Crippen molar-refractivity contribution in [2.24, 2.45) is 0 Å². The Balaban J connectivity index is 2.14. The van der Waals surface area contributed by atoms with Gasteiger partial charge < -0.3 is 0 Å². The van der Waals surface area contributed by atoms with Crippen molar-refractivity contribution in [2.45, 2.75) is 11.4 Å². The fraction of sp³-hybridized carbons (Fsp3) is 0.0769. The van der Waals surface area contributed by atoms with Gasteiger partial charge in [0, 0.05) is 16.0 Å². The summed E-state index contributed by atoms with van der Waals surface area (Å²) in [5.41, 5.74) is 0.875. The van der Waals surface area contributed by atoms with Gasteiger partial charge in [0.25, 0.3) is 0 Å². The van der Waals surface area contributed by atoms with Crippen LogP contribution >= 0.6 is 27.5 Å². The maximum atomic E-state index is 12.1. The summed E-state index contributed by atoms with van der Waals surface area (Å²) in [5.74, 6) is 0. The van der Waals surface area contributed by atoms with E-state index in [0.29, 0.717) is 5.02 Å². The van der Waals surface area contributed by atoms with Gasteiger partial charge in [0.05, 0.1) is 4.90 Å². The molecule has 100 valence electrons. The van der Waals surface area contributed by atoms with Crippen molar-refractivity contribution >= 4 is 37.6 Å². The minimum Gasteiger partial charge on any atom is -0.207 e. The Morgan fingerprint density at radius 3 is 2.53 bits per heavy atom. The van der Waals surface area contributed by atoms with Crippen LogP contribution in [0, 0.1) is 0 Å². The lowest BCUT2D eigenvalue weighted by Gasteiger charge is -2.07. The van der Waals surface area contributed by atoms with Gasteiger partial charge in [0.1, 0.15) is 0 Å². The Morgan fingerprint density at radius 1 is 1.11 bits per heavy atom. The molecule has 6 heteroatoms. The topological polar surface area (TPSA) is 46.2 Å². The quantitative estimate of drug-likeness (QED) is 0.906. The molecule has 0 atom stereocenters. The number of benzene rings is 2. The Labute approximate surface area is 125 Å². The predicted molar refractivity (Wildman–Crippen MR) is 79.6 cm³/mol. The van der Waals surface area contributed by atoms with Crippen molar-refractivity contribution in [3.8, 4) is 0 Å². The number of sulfonamides is 1. The zero-order chi connectivity index (χ0) is 13.9. The molecule has 2 rings (SSSR count). The van der Waals surface area contributed by atoms with Crippen LogP contribution in [0.1, 0.15) is 5.56 Å². The summed E-state index contributed by atoms with van der Waals surface area (Å²) >= 11 is 9.13. The lowest BCUT2D eigenvalue weighted by atomic mass is 10.2. The molecule has 0 radical (unpaired) electrons. The molecular weight excluding hydrogens is 350 g/mol. The van der Waals surface area contributed by atoms with Crippen molar-refractivity contribution in [3.63, 3.8) is 0 Å². The van der Waals surface area contributed by atoms with Gasteiger partial charge in [-0.15, -0.1) is 0 Å². The lowest BCUT2D eigenvalue weighted by molar-refractivity contribution is 0.581. The van der Waals surface area contributed by atoms with Gasteiger partial charge in [-0.1, -0.05) is 45.7 Å². The van der Waals surface area contributed by atoms with Crippen LogP contribution < -0.4 is 4.72 Å². The lowest BCUT2D eigenvalue weighted by Crippen LogP contribution is -2.23. The highest BCUT2D eigenvalue weighted by atomic mass is 79.9. The van der Waals surface area contributed by atoms with Crippen LogP contribution in [0.5, 0.6) is 0 Å². The summed E-state index contributed by atoms with van der Waals surface area (Å²) < 4.78 is 27.6. The van der Waals surface area contributed by atoms with Crippen molar-refractivity contribution in [2.75, 3.05) is 0 Å². The third kappa shape index (κ3) is 4.04. The van der Waals surface area contributed by atoms with Crippen LogP contribution in [0.2, 0.25) is 5.02 Å². The van der Waals surface area contributed by atoms with E-state index < -0.39 is 10.0 Å². The van der Waals surface area contributed by atoms with E-state index in [9.17, 15) is 8.42 Å². The minimum absolute atomic E-state index is 0.162. The first-order valence-corrected chi connectivity index (χ1v) is 8.12. The van der Waals surface area contributed by atoms with E-state index >= 15 is 0 Å². The molecule has 0 aliphatic carbocycles. The van der Waals surface area contributed by atoms with Crippen molar-refractivity contribution in [1.29, 1.82) is 0 Å². The molecule has 3 nitrogen and oxygen atoms in total. The second-order valence-electron chi connectivity index (χ2n) is 3.91. The number of nitrogens with one attached hydrogen (secondary N) is 1. The number of hydrogen-bond donors (Lipinski definition) is 1. The van der Waals surface area contributed by atoms with E-state index in [0.717, 1.165) is 10.0 Å². The molecule has 0 heterocycles. The molecule has 0 bridgehead atoms. The summed E-state index contributed by atoms with van der Waals surface area (Å²) in [4.78, 5) is 0.162. The van der Waals surface area contributed by atoms with Gasteiger partial charge in [-0.3, -0.25) is 0 Å². The molecule has 2 aromatic rings. The van der Waals surface area contributed by atoms with E-state index in [-0.39, 0.29) is 11.4 Å². The van der Waals surface area contributed by atoms with Gasteiger partial charge in [-0.05, 0) is 35.9 Å². The molecular formula is C13H11BrClNO2S. The van der Waals surface area contributed by atoms with Gasteiger partial charge in [-0.25, -0.2) is 13.1 Å². The molecule has 0 spiro atoms. The highest BCUT2D eigenvalue weighted by molar-refractivity contribution is 9.10. The highest BCUT2D eigenvalue weighted by Crippen LogP contribution is 2.16. The summed E-state index contributed by atoms with van der Waals surface area (Å²) in [5, 5.41) is 0.394. The summed E-state index contributed by atoms with van der Waals surface area (Å²) in [7, 11) is -3.54. The average Bonchev–Trinajstić information content (AvgIpc) is 2.37. The van der Waals surface area contributed by atoms with E-state index in [1.54, 1.807) is 12.1 Å². The molecule has 0 saturated carbocycles. The smallest absolute Gasteiger partial charge is 0.207 e. The first-order valence-electron chi connectivity index (χ1n) is 5.47. The fourth-order valence-electron chi connectivity index (χ4n) is 1.54. The van der Waals surface area contributed by atoms with Gasteiger partial charge in [0.2, 0.25) is 10.0 Å². The molecule has 0 fully saturated rings. The fourth-order valence-corrected chi connectivity index (χ4v) is 3.31. The molecule has 0 saturated heterocycles. The minimum atomic E-state index is -3.54. The SMILES string of the molecule is O=S(=O)(NCc1cccc(Br)c1)c1cccc(Cl)c1. The number of hydrogen-bond acceptors (Lipinski definition) is 2. The van der Waals surface area contributed by atoms with E-state index in [1.165, 1.54) is 12.1 Å². The van der Waals surface area contributed by atoms with Crippen molar-refractivity contribution in [1.82, 2.24) is 4.72 Å². The number of halogens is 2. The summed E-state index contributed by atoms with van der Waals surface area (Å²) in [6.07, 6.45) is 0. The first-order chi connectivity index (χ1) is 8.97. The third-order valence-electron chi connectivity index (χ3n) is 2.46. The van der Waals surface area contributed by atoms with Gasteiger partial charge in [0.15, 0.2) is 0 Å². The van der Waals surface area contributed by atoms with Crippen LogP contribution in [-0.2, 0) is 16.6 Å². The Kier molecular flexibility index (Phi) is 4.62. The van der Waals surface area contributed by atoms with Gasteiger partial charge >= 0.3 is 0 Å². The van der Waals surface area contributed by atoms with Crippen LogP contribution in [0.4, 0.5) is 0 Å². The van der Waals surface area contributed by atoms with Gasteiger partial charge in [-0.2, -0.15) is 0 Å². The monoisotopic (exact) mass is 359 g/mol. The maximum Gasteiger partial charge on any atom is 0.240 e. The van der Waals surface area contributed by atoms with Crippen LogP contribution in [-0.4, -0.2) is 8.42 Å². The molecule has 0 aliphatic rings. The second-order valence-corrected chi connectivity index (χ2v) is 7.03. The Morgan fingerprint density at radius 2 is 1.84 bits per heavy atom. The zero-order valence-electron chi connectivity index (χ0n) is 9.81. The van der Waals surface area contributed by atoms with Crippen molar-refractivity contribution in [3.05, 3.63) is 63.6 Å². The van der Waals surface area contributed by atoms with E-state index in [1.807, 2.05) is 24.3 Å². The molecule has 1 N–H and O–H groups in total. The molecule has 0 amide bonds. The zero-order valence-corrected chi connectivity index (χ0v) is 13.0. The number of rotatable bonds is 4. The third-order valence-corrected chi connectivity index (χ3v) is 4.59. The highest BCUT2D eigenvalue weighted by Gasteiger charge is 2.13. The van der Waals surface area contributed by atoms with Crippen LogP contribution in [0.15, 0.2) is 57.9 Å². The Hall–Kier alpha value is -0.880. The maximum absolute atomic E-state index is 12.1. The van der Waals surface area contributed by atoms with Crippen LogP contribution in [0.25, 0.3) is 0 Å². The normalized spacial score (nSPS) is 11.5. The molecule has 19 heavy (non-hydrogen) atoms. The summed E-state index contributed by atoms with van der Waals surface area (Å²) in [6, 6.07) is 13.6. The Bertz CT molecular complexity index is 689. The molecule has 0 aromatic heterocycles. The molecule has 0 unspecified atom stereocenters. The second kappa shape index (κ2) is 6.05. The van der Waals surface area contributed by atoms with E-state index in [2.05, 4.69) is 20.7 Å². The predicted octanol–water partition coefficient (Wildman–Crippen LogP) is 3.58. The van der Waals surface area contributed by atoms with E-state index in [4.69, 9.17) is 11.6 Å². The largest absolute Gasteiger partial charge is 0.240 e. The van der Waals surface area contributed by atoms with Crippen molar-refractivity contribution < 1.29 is 8.42 Å².